The molecule has 0 radical (unpaired) electrons. The van der Waals surface area contributed by atoms with Gasteiger partial charge in [-0.15, -0.1) is 0 Å². The molecule has 0 aromatic heterocycles. The summed E-state index contributed by atoms with van der Waals surface area (Å²) in [6.07, 6.45) is 2.07. The van der Waals surface area contributed by atoms with Crippen LogP contribution in [0.2, 0.25) is 5.02 Å². The van der Waals surface area contributed by atoms with Crippen molar-refractivity contribution in [2.75, 3.05) is 19.6 Å². The maximum absolute atomic E-state index is 13.4. The van der Waals surface area contributed by atoms with Crippen molar-refractivity contribution in [1.29, 1.82) is 5.26 Å². The molecule has 10 heteroatoms. The average Bonchev–Trinajstić information content (AvgIpc) is 3.13. The molecule has 1 atom stereocenters. The summed E-state index contributed by atoms with van der Waals surface area (Å²) >= 11 is 6.90. The molecule has 2 N–H and O–H groups in total. The molecule has 0 saturated carbocycles. The highest BCUT2D eigenvalue weighted by Gasteiger charge is 2.30. The second-order valence-electron chi connectivity index (χ2n) is 13.9. The third-order valence-corrected chi connectivity index (χ3v) is 9.16. The number of hydrogen-bond donors (Lipinski definition) is 2. The van der Waals surface area contributed by atoms with Gasteiger partial charge < -0.3 is 24.8 Å². The number of ether oxygens (including phenoxy) is 3. The Hall–Kier alpha value is -5.04. The van der Waals surface area contributed by atoms with Crippen molar-refractivity contribution in [2.45, 2.75) is 78.4 Å². The molecule has 4 aromatic carbocycles. The molecule has 0 bridgehead atoms. The first kappa shape index (κ1) is 38.2. The highest BCUT2D eigenvalue weighted by Crippen LogP contribution is 2.36. The number of amides is 2. The summed E-state index contributed by atoms with van der Waals surface area (Å²) in [6, 6.07) is 29.3. The predicted molar refractivity (Wildman–Crippen MR) is 203 cm³/mol. The summed E-state index contributed by atoms with van der Waals surface area (Å²) < 4.78 is 18.1. The monoisotopic (exact) mass is 722 g/mol. The third-order valence-electron chi connectivity index (χ3n) is 8.86. The zero-order valence-electron chi connectivity index (χ0n) is 30.3. The van der Waals surface area contributed by atoms with E-state index >= 15 is 0 Å². The summed E-state index contributed by atoms with van der Waals surface area (Å²) in [5, 5.41) is 15.5. The van der Waals surface area contributed by atoms with Crippen LogP contribution in [0.25, 0.3) is 11.1 Å². The number of carbonyl (C=O) groups is 2. The molecule has 0 aliphatic carbocycles. The Balaban J connectivity index is 1.32. The maximum atomic E-state index is 13.4. The number of halogens is 1. The van der Waals surface area contributed by atoms with Gasteiger partial charge >= 0.3 is 6.09 Å². The van der Waals surface area contributed by atoms with Crippen LogP contribution in [0.1, 0.15) is 67.9 Å². The van der Waals surface area contributed by atoms with Crippen molar-refractivity contribution in [3.63, 3.8) is 0 Å². The quantitative estimate of drug-likeness (QED) is 0.133. The average molecular weight is 723 g/mol. The fourth-order valence-electron chi connectivity index (χ4n) is 6.24. The van der Waals surface area contributed by atoms with E-state index in [1.807, 2.05) is 48.5 Å². The van der Waals surface area contributed by atoms with Gasteiger partial charge in [0.15, 0.2) is 0 Å². The number of carbonyl (C=O) groups excluding carboxylic acids is 2. The molecule has 0 spiro atoms. The molecule has 1 saturated heterocycles. The van der Waals surface area contributed by atoms with Gasteiger partial charge in [-0.1, -0.05) is 78.7 Å². The van der Waals surface area contributed by atoms with Crippen LogP contribution in [0.4, 0.5) is 4.79 Å². The van der Waals surface area contributed by atoms with Crippen molar-refractivity contribution >= 4 is 23.6 Å². The molecule has 272 valence electrons. The summed E-state index contributed by atoms with van der Waals surface area (Å²) in [5.41, 5.74) is 6.09. The van der Waals surface area contributed by atoms with Gasteiger partial charge in [0.2, 0.25) is 5.91 Å². The Morgan fingerprint density at radius 2 is 1.63 bits per heavy atom. The third kappa shape index (κ3) is 10.7. The molecule has 5 rings (SSSR count). The molecular weight excluding hydrogens is 676 g/mol. The normalized spacial score (nSPS) is 14.6. The van der Waals surface area contributed by atoms with Crippen LogP contribution in [0.5, 0.6) is 11.5 Å². The summed E-state index contributed by atoms with van der Waals surface area (Å²) in [6.45, 7) is 9.74. The lowest BCUT2D eigenvalue weighted by Crippen LogP contribution is -2.50. The minimum atomic E-state index is -0.597. The highest BCUT2D eigenvalue weighted by atomic mass is 35.5. The molecule has 1 aliphatic rings. The van der Waals surface area contributed by atoms with Crippen LogP contribution in [-0.2, 0) is 29.3 Å². The van der Waals surface area contributed by atoms with E-state index in [1.165, 1.54) is 0 Å². The molecule has 1 aliphatic heterocycles. The number of piperidine rings is 1. The number of rotatable bonds is 13. The summed E-state index contributed by atoms with van der Waals surface area (Å²) in [7, 11) is 0. The van der Waals surface area contributed by atoms with E-state index in [0.29, 0.717) is 41.7 Å². The zero-order valence-corrected chi connectivity index (χ0v) is 31.1. The van der Waals surface area contributed by atoms with Gasteiger partial charge in [-0.25, -0.2) is 4.79 Å². The lowest BCUT2D eigenvalue weighted by atomic mass is 9.97. The van der Waals surface area contributed by atoms with Gasteiger partial charge in [0.05, 0.1) is 22.7 Å². The molecule has 9 nitrogen and oxygen atoms in total. The zero-order chi connectivity index (χ0) is 37.1. The minimum absolute atomic E-state index is 0.0966. The van der Waals surface area contributed by atoms with Crippen molar-refractivity contribution in [3.8, 4) is 28.7 Å². The Morgan fingerprint density at radius 1 is 0.885 bits per heavy atom. The Kier molecular flexibility index (Phi) is 13.2. The van der Waals surface area contributed by atoms with Gasteiger partial charge in [0.1, 0.15) is 30.3 Å². The number of benzene rings is 4. The number of hydrogen-bond acceptors (Lipinski definition) is 7. The second-order valence-corrected chi connectivity index (χ2v) is 14.3. The molecule has 2 amide bonds. The van der Waals surface area contributed by atoms with E-state index in [9.17, 15) is 14.9 Å². The molecular formula is C42H47ClN4O5. The van der Waals surface area contributed by atoms with Gasteiger partial charge in [-0.2, -0.15) is 5.26 Å². The second kappa shape index (κ2) is 17.9. The van der Waals surface area contributed by atoms with Crippen LogP contribution in [-0.4, -0.2) is 48.2 Å². The first-order valence-corrected chi connectivity index (χ1v) is 18.1. The first-order chi connectivity index (χ1) is 25.0. The largest absolute Gasteiger partial charge is 0.488 e. The van der Waals surface area contributed by atoms with E-state index in [1.54, 1.807) is 32.9 Å². The number of likely N-dealkylation sites (tertiary alicyclic amines) is 1. The first-order valence-electron chi connectivity index (χ1n) is 17.7. The molecule has 1 unspecified atom stereocenters. The van der Waals surface area contributed by atoms with Crippen molar-refractivity contribution in [2.24, 2.45) is 0 Å². The fourth-order valence-corrected chi connectivity index (χ4v) is 6.48. The van der Waals surface area contributed by atoms with Gasteiger partial charge in [0.25, 0.3) is 0 Å². The number of nitriles is 1. The fraction of sp³-hybridized carbons (Fsp3) is 0.357. The summed E-state index contributed by atoms with van der Waals surface area (Å²) in [4.78, 5) is 27.6. The number of nitrogens with one attached hydrogen (secondary N) is 2. The van der Waals surface area contributed by atoms with E-state index in [-0.39, 0.29) is 31.6 Å². The van der Waals surface area contributed by atoms with E-state index in [2.05, 4.69) is 52.8 Å². The maximum Gasteiger partial charge on any atom is 0.407 e. The standard InChI is InChI=1S/C42H47ClN4O5/c1-29-33(16-11-17-35(29)32-14-6-5-7-15-32)28-51-39-24-38(50-27-31-13-10-12-30(22-31)25-44)34(23-36(39)43)26-47-21-9-8-18-37(47)40(48)45-19-20-46-41(49)52-42(2,3)4/h5-7,10-17,22-24,37H,8-9,18-21,26-28H2,1-4H3,(H,45,48)(H,46,49). The molecule has 1 heterocycles. The van der Waals surface area contributed by atoms with Crippen molar-refractivity contribution < 1.29 is 23.8 Å². The van der Waals surface area contributed by atoms with Crippen LogP contribution < -0.4 is 20.1 Å². The topological polar surface area (TPSA) is 113 Å². The SMILES string of the molecule is Cc1c(COc2cc(OCc3cccc(C#N)c3)c(CN3CCCCC3C(=O)NCCNC(=O)OC(C)(C)C)cc2Cl)cccc1-c1ccccc1. The van der Waals surface area contributed by atoms with Crippen molar-refractivity contribution in [1.82, 2.24) is 15.5 Å². The molecule has 1 fully saturated rings. The van der Waals surface area contributed by atoms with Gasteiger partial charge in [0, 0.05) is 31.3 Å². The van der Waals surface area contributed by atoms with Crippen LogP contribution in [0, 0.1) is 18.3 Å². The smallest absolute Gasteiger partial charge is 0.407 e. The highest BCUT2D eigenvalue weighted by molar-refractivity contribution is 6.32. The van der Waals surface area contributed by atoms with Crippen LogP contribution in [0.15, 0.2) is 84.9 Å². The van der Waals surface area contributed by atoms with E-state index < -0.39 is 11.7 Å². The predicted octanol–water partition coefficient (Wildman–Crippen LogP) is 8.34. The summed E-state index contributed by atoms with van der Waals surface area (Å²) in [5.74, 6) is 0.976. The Labute approximate surface area is 311 Å². The minimum Gasteiger partial charge on any atom is -0.488 e. The Morgan fingerprint density at radius 3 is 2.40 bits per heavy atom. The molecule has 4 aromatic rings. The van der Waals surface area contributed by atoms with E-state index in [4.69, 9.17) is 25.8 Å². The molecule has 52 heavy (non-hydrogen) atoms. The van der Waals surface area contributed by atoms with Crippen molar-refractivity contribution in [3.05, 3.63) is 118 Å². The van der Waals surface area contributed by atoms with Crippen LogP contribution >= 0.6 is 11.6 Å². The number of alkyl carbamates (subject to hydrolysis) is 1. The number of nitrogens with zero attached hydrogens (tertiary/aromatic N) is 2. The lowest BCUT2D eigenvalue weighted by molar-refractivity contribution is -0.127. The van der Waals surface area contributed by atoms with E-state index in [0.717, 1.165) is 52.8 Å². The van der Waals surface area contributed by atoms with Gasteiger partial charge in [-0.05, 0) is 93.1 Å². The van der Waals surface area contributed by atoms with Crippen LogP contribution in [0.3, 0.4) is 0 Å². The Bertz CT molecular complexity index is 1890. The lowest BCUT2D eigenvalue weighted by Gasteiger charge is -2.35. The van der Waals surface area contributed by atoms with Gasteiger partial charge in [-0.3, -0.25) is 9.69 Å².